The highest BCUT2D eigenvalue weighted by Gasteiger charge is 2.23. The molecule has 2 aromatic heterocycles. The summed E-state index contributed by atoms with van der Waals surface area (Å²) in [4.78, 5) is 23.4. The Balaban J connectivity index is 1.79. The predicted octanol–water partition coefficient (Wildman–Crippen LogP) is 2.55. The number of aromatic amines is 1. The van der Waals surface area contributed by atoms with Gasteiger partial charge in [-0.1, -0.05) is 18.2 Å². The number of hydrogen-bond donors (Lipinski definition) is 1. The maximum Gasteiger partial charge on any atom is 0.259 e. The maximum absolute atomic E-state index is 12.0. The molecule has 0 unspecified atom stereocenters. The van der Waals surface area contributed by atoms with Crippen molar-refractivity contribution in [2.24, 2.45) is 0 Å². The Labute approximate surface area is 119 Å². The number of para-hydroxylation sites is 1. The summed E-state index contributed by atoms with van der Waals surface area (Å²) in [5.41, 5.74) is 2.41. The molecular weight excluding hydrogens is 270 g/mol. The Hall–Kier alpha value is -2.14. The van der Waals surface area contributed by atoms with Crippen LogP contribution in [-0.2, 0) is 13.0 Å². The predicted molar refractivity (Wildman–Crippen MR) is 81.4 cm³/mol. The second kappa shape index (κ2) is 4.45. The second-order valence-corrected chi connectivity index (χ2v) is 6.01. The molecule has 4 rings (SSSR count). The molecule has 1 aromatic carbocycles. The molecule has 3 aromatic rings. The third-order valence-electron chi connectivity index (χ3n) is 3.76. The molecule has 3 heterocycles. The van der Waals surface area contributed by atoms with Crippen LogP contribution in [0.4, 0.5) is 5.69 Å². The van der Waals surface area contributed by atoms with E-state index in [4.69, 9.17) is 0 Å². The Morgan fingerprint density at radius 2 is 2.10 bits per heavy atom. The maximum atomic E-state index is 12.0. The summed E-state index contributed by atoms with van der Waals surface area (Å²) in [7, 11) is 0. The lowest BCUT2D eigenvalue weighted by molar-refractivity contribution is 0.748. The van der Waals surface area contributed by atoms with Gasteiger partial charge in [0, 0.05) is 17.1 Å². The van der Waals surface area contributed by atoms with Crippen LogP contribution in [0.2, 0.25) is 0 Å². The summed E-state index contributed by atoms with van der Waals surface area (Å²) in [5.74, 6) is 0. The minimum absolute atomic E-state index is 0.0133. The van der Waals surface area contributed by atoms with E-state index in [9.17, 15) is 4.79 Å². The molecule has 1 aliphatic heterocycles. The summed E-state index contributed by atoms with van der Waals surface area (Å²) in [6, 6.07) is 10.4. The molecule has 1 aliphatic rings. The molecule has 5 heteroatoms. The van der Waals surface area contributed by atoms with Crippen molar-refractivity contribution in [3.8, 4) is 0 Å². The van der Waals surface area contributed by atoms with Crippen molar-refractivity contribution >= 4 is 27.2 Å². The van der Waals surface area contributed by atoms with Crippen LogP contribution in [0, 0.1) is 0 Å². The molecule has 0 amide bonds. The molecule has 4 nitrogen and oxygen atoms in total. The molecule has 0 saturated carbocycles. The van der Waals surface area contributed by atoms with Crippen molar-refractivity contribution in [2.45, 2.75) is 13.0 Å². The Morgan fingerprint density at radius 1 is 1.25 bits per heavy atom. The molecule has 0 fully saturated rings. The van der Waals surface area contributed by atoms with Gasteiger partial charge in [0.1, 0.15) is 4.83 Å². The Kier molecular flexibility index (Phi) is 2.60. The van der Waals surface area contributed by atoms with Crippen LogP contribution in [-0.4, -0.2) is 16.5 Å². The van der Waals surface area contributed by atoms with Crippen molar-refractivity contribution in [1.29, 1.82) is 0 Å². The van der Waals surface area contributed by atoms with E-state index >= 15 is 0 Å². The number of anilines is 1. The first-order valence-electron chi connectivity index (χ1n) is 6.61. The van der Waals surface area contributed by atoms with E-state index in [1.165, 1.54) is 22.5 Å². The number of thiophene rings is 1. The normalized spacial score (nSPS) is 14.5. The first-order chi connectivity index (χ1) is 9.83. The molecule has 0 spiro atoms. The quantitative estimate of drug-likeness (QED) is 0.746. The second-order valence-electron chi connectivity index (χ2n) is 4.92. The van der Waals surface area contributed by atoms with Crippen molar-refractivity contribution in [3.63, 3.8) is 0 Å². The first-order valence-corrected chi connectivity index (χ1v) is 7.42. The monoisotopic (exact) mass is 283 g/mol. The van der Waals surface area contributed by atoms with E-state index in [1.807, 2.05) is 6.07 Å². The van der Waals surface area contributed by atoms with Gasteiger partial charge in [0.05, 0.1) is 18.3 Å². The molecule has 100 valence electrons. The summed E-state index contributed by atoms with van der Waals surface area (Å²) < 4.78 is 0. The molecule has 0 radical (unpaired) electrons. The number of aromatic nitrogens is 2. The van der Waals surface area contributed by atoms with Gasteiger partial charge in [0.2, 0.25) is 0 Å². The lowest BCUT2D eigenvalue weighted by atomic mass is 10.0. The van der Waals surface area contributed by atoms with E-state index in [0.717, 1.165) is 29.7 Å². The molecule has 1 N–H and O–H groups in total. The fraction of sp³-hybridized carbons (Fsp3) is 0.200. The van der Waals surface area contributed by atoms with E-state index in [0.29, 0.717) is 0 Å². The summed E-state index contributed by atoms with van der Waals surface area (Å²) in [6.07, 6.45) is 2.39. The molecule has 0 bridgehead atoms. The number of hydrogen-bond acceptors (Lipinski definition) is 4. The zero-order chi connectivity index (χ0) is 13.5. The van der Waals surface area contributed by atoms with E-state index < -0.39 is 0 Å². The lowest BCUT2D eigenvalue weighted by Crippen LogP contribution is -2.29. The molecule has 0 saturated heterocycles. The van der Waals surface area contributed by atoms with Gasteiger partial charge in [-0.3, -0.25) is 4.79 Å². The van der Waals surface area contributed by atoms with Crippen LogP contribution >= 0.6 is 11.3 Å². The molecule has 0 aliphatic carbocycles. The van der Waals surface area contributed by atoms with Gasteiger partial charge in [-0.05, 0) is 24.1 Å². The fourth-order valence-corrected chi connectivity index (χ4v) is 4.00. The fourth-order valence-electron chi connectivity index (χ4n) is 2.80. The summed E-state index contributed by atoms with van der Waals surface area (Å²) in [5, 5.41) is 0.792. The topological polar surface area (TPSA) is 49.0 Å². The first kappa shape index (κ1) is 11.7. The van der Waals surface area contributed by atoms with Crippen LogP contribution in [0.25, 0.3) is 10.2 Å². The zero-order valence-electron chi connectivity index (χ0n) is 10.8. The third kappa shape index (κ3) is 1.74. The standard InChI is InChI=1S/C15H13N3OS/c19-14-13-11-6-7-18(10-4-2-1-3-5-10)8-12(11)20-15(13)17-9-16-14/h1-5,9H,6-8H2,(H,16,17,19). The van der Waals surface area contributed by atoms with E-state index in [-0.39, 0.29) is 5.56 Å². The van der Waals surface area contributed by atoms with Crippen LogP contribution in [0.3, 0.4) is 0 Å². The van der Waals surface area contributed by atoms with Crippen molar-refractivity contribution in [1.82, 2.24) is 9.97 Å². The smallest absolute Gasteiger partial charge is 0.259 e. The third-order valence-corrected chi connectivity index (χ3v) is 4.89. The molecule has 20 heavy (non-hydrogen) atoms. The number of fused-ring (bicyclic) bond motifs is 3. The van der Waals surface area contributed by atoms with Gasteiger partial charge >= 0.3 is 0 Å². The van der Waals surface area contributed by atoms with Gasteiger partial charge in [-0.2, -0.15) is 0 Å². The van der Waals surface area contributed by atoms with E-state index in [1.54, 1.807) is 11.3 Å². The Bertz CT molecular complexity index is 822. The zero-order valence-corrected chi connectivity index (χ0v) is 11.6. The van der Waals surface area contributed by atoms with Crippen LogP contribution in [0.15, 0.2) is 41.5 Å². The molecule has 0 atom stereocenters. The van der Waals surface area contributed by atoms with Crippen LogP contribution < -0.4 is 10.5 Å². The summed E-state index contributed by atoms with van der Waals surface area (Å²) in [6.45, 7) is 1.80. The van der Waals surface area contributed by atoms with Crippen LogP contribution in [0.5, 0.6) is 0 Å². The number of H-pyrrole nitrogens is 1. The number of rotatable bonds is 1. The van der Waals surface area contributed by atoms with Gasteiger partial charge in [0.25, 0.3) is 5.56 Å². The highest BCUT2D eigenvalue weighted by atomic mass is 32.1. The van der Waals surface area contributed by atoms with Crippen molar-refractivity contribution < 1.29 is 0 Å². The van der Waals surface area contributed by atoms with Crippen LogP contribution in [0.1, 0.15) is 10.4 Å². The van der Waals surface area contributed by atoms with Gasteiger partial charge in [-0.15, -0.1) is 11.3 Å². The molecular formula is C15H13N3OS. The highest BCUT2D eigenvalue weighted by molar-refractivity contribution is 7.18. The van der Waals surface area contributed by atoms with Crippen molar-refractivity contribution in [3.05, 3.63) is 57.5 Å². The highest BCUT2D eigenvalue weighted by Crippen LogP contribution is 2.33. The average molecular weight is 283 g/mol. The van der Waals surface area contributed by atoms with Gasteiger partial charge in [-0.25, -0.2) is 4.98 Å². The lowest BCUT2D eigenvalue weighted by Gasteiger charge is -2.28. The van der Waals surface area contributed by atoms with Gasteiger partial charge in [0.15, 0.2) is 0 Å². The SMILES string of the molecule is O=c1[nH]cnc2sc3c(c12)CCN(c1ccccc1)C3. The number of nitrogens with one attached hydrogen (secondary N) is 1. The largest absolute Gasteiger partial charge is 0.366 e. The number of nitrogens with zero attached hydrogens (tertiary/aromatic N) is 2. The Morgan fingerprint density at radius 3 is 2.95 bits per heavy atom. The number of benzene rings is 1. The van der Waals surface area contributed by atoms with Crippen molar-refractivity contribution in [2.75, 3.05) is 11.4 Å². The van der Waals surface area contributed by atoms with E-state index in [2.05, 4.69) is 39.1 Å². The van der Waals surface area contributed by atoms with Gasteiger partial charge < -0.3 is 9.88 Å². The minimum Gasteiger partial charge on any atom is -0.366 e. The minimum atomic E-state index is -0.0133. The summed E-state index contributed by atoms with van der Waals surface area (Å²) >= 11 is 1.64. The average Bonchev–Trinajstić information content (AvgIpc) is 2.87.